The highest BCUT2D eigenvalue weighted by molar-refractivity contribution is 5.91. The molecule has 0 N–H and O–H groups in total. The number of furan rings is 1. The van der Waals surface area contributed by atoms with Gasteiger partial charge in [-0.15, -0.1) is 0 Å². The summed E-state index contributed by atoms with van der Waals surface area (Å²) in [6.07, 6.45) is 6.35. The quantitative estimate of drug-likeness (QED) is 0.611. The monoisotopic (exact) mass is 455 g/mol. The summed E-state index contributed by atoms with van der Waals surface area (Å²) >= 11 is 0. The molecule has 8 heteroatoms. The Hall–Kier alpha value is -2.58. The van der Waals surface area contributed by atoms with E-state index in [4.69, 9.17) is 13.9 Å². The van der Waals surface area contributed by atoms with Gasteiger partial charge in [0.2, 0.25) is 5.91 Å². The average molecular weight is 456 g/mol. The Morgan fingerprint density at radius 3 is 2.58 bits per heavy atom. The van der Waals surface area contributed by atoms with E-state index < -0.39 is 5.79 Å². The largest absolute Gasteiger partial charge is 0.454 e. The predicted octanol–water partition coefficient (Wildman–Crippen LogP) is 3.26. The van der Waals surface area contributed by atoms with E-state index in [9.17, 15) is 9.59 Å². The molecule has 0 radical (unpaired) electrons. The number of aromatic nitrogens is 1. The van der Waals surface area contributed by atoms with Gasteiger partial charge in [-0.2, -0.15) is 0 Å². The van der Waals surface area contributed by atoms with Gasteiger partial charge in [-0.25, -0.2) is 0 Å². The number of piperidine rings is 1. The van der Waals surface area contributed by atoms with E-state index in [0.29, 0.717) is 58.0 Å². The van der Waals surface area contributed by atoms with Crippen LogP contribution >= 0.6 is 0 Å². The van der Waals surface area contributed by atoms with E-state index in [0.717, 1.165) is 37.3 Å². The lowest BCUT2D eigenvalue weighted by Crippen LogP contribution is -2.47. The topological polar surface area (TPSA) is 77.2 Å². The molecule has 178 valence electrons. The average Bonchev–Trinajstić information content (AvgIpc) is 3.17. The van der Waals surface area contributed by atoms with Crippen LogP contribution < -0.4 is 0 Å². The third-order valence-corrected chi connectivity index (χ3v) is 6.83. The molecule has 2 aromatic heterocycles. The van der Waals surface area contributed by atoms with E-state index in [1.54, 1.807) is 6.07 Å². The third-order valence-electron chi connectivity index (χ3n) is 6.83. The van der Waals surface area contributed by atoms with E-state index in [1.807, 2.05) is 28.1 Å². The number of ether oxygens (including phenoxy) is 2. The van der Waals surface area contributed by atoms with Crippen molar-refractivity contribution >= 4 is 11.8 Å². The molecule has 8 nitrogen and oxygen atoms in total. The molecule has 0 unspecified atom stereocenters. The summed E-state index contributed by atoms with van der Waals surface area (Å²) in [5, 5.41) is 0. The SMILES string of the molecule is CCCN(Cc1cccn1Cc1ccc(C(=O)N2CCC3(CC2)OCCO3)o1)C(=O)C1CC1. The molecule has 5 rings (SSSR count). The molecule has 2 saturated heterocycles. The lowest BCUT2D eigenvalue weighted by Gasteiger charge is -2.37. The summed E-state index contributed by atoms with van der Waals surface area (Å²) < 4.78 is 19.5. The van der Waals surface area contributed by atoms with Gasteiger partial charge in [0, 0.05) is 50.3 Å². The van der Waals surface area contributed by atoms with Crippen LogP contribution in [-0.4, -0.2) is 64.8 Å². The van der Waals surface area contributed by atoms with E-state index in [2.05, 4.69) is 17.6 Å². The maximum absolute atomic E-state index is 12.9. The fraction of sp³-hybridized carbons (Fsp3) is 0.600. The van der Waals surface area contributed by atoms with Crippen molar-refractivity contribution in [2.24, 2.45) is 5.92 Å². The minimum absolute atomic E-state index is 0.0917. The zero-order valence-corrected chi connectivity index (χ0v) is 19.3. The Kier molecular flexibility index (Phi) is 6.29. The molecule has 2 aliphatic heterocycles. The van der Waals surface area contributed by atoms with E-state index in [-0.39, 0.29) is 17.7 Å². The molecular formula is C25H33N3O5. The van der Waals surface area contributed by atoms with E-state index >= 15 is 0 Å². The molecule has 4 heterocycles. The van der Waals surface area contributed by atoms with Crippen LogP contribution in [0.1, 0.15) is 61.0 Å². The van der Waals surface area contributed by atoms with Gasteiger partial charge in [0.05, 0.1) is 26.3 Å². The highest BCUT2D eigenvalue weighted by Gasteiger charge is 2.41. The Morgan fingerprint density at radius 2 is 1.88 bits per heavy atom. The van der Waals surface area contributed by atoms with Crippen molar-refractivity contribution in [1.82, 2.24) is 14.4 Å². The first-order chi connectivity index (χ1) is 16.1. The number of carbonyl (C=O) groups excluding carboxylic acids is 2. The van der Waals surface area contributed by atoms with Crippen molar-refractivity contribution < 1.29 is 23.5 Å². The molecule has 3 fully saturated rings. The summed E-state index contributed by atoms with van der Waals surface area (Å²) in [5.41, 5.74) is 1.07. The van der Waals surface area contributed by atoms with Crippen LogP contribution in [0.3, 0.4) is 0 Å². The molecule has 0 bridgehead atoms. The number of carbonyl (C=O) groups is 2. The first kappa shape index (κ1) is 22.2. The van der Waals surface area contributed by atoms with Gasteiger partial charge >= 0.3 is 0 Å². The number of nitrogens with zero attached hydrogens (tertiary/aromatic N) is 3. The lowest BCUT2D eigenvalue weighted by molar-refractivity contribution is -0.181. The smallest absolute Gasteiger partial charge is 0.289 e. The number of hydrogen-bond donors (Lipinski definition) is 0. The summed E-state index contributed by atoms with van der Waals surface area (Å²) in [6.45, 7) is 6.44. The van der Waals surface area contributed by atoms with Crippen molar-refractivity contribution in [3.05, 3.63) is 47.7 Å². The standard InChI is InChI=1S/C25H33N3O5/c1-2-11-28(23(29)19-5-6-19)17-20-4-3-12-27(20)18-21-7-8-22(33-21)24(30)26-13-9-25(10-14-26)31-15-16-32-25/h3-4,7-8,12,19H,2,5-6,9-11,13-18H2,1H3. The lowest BCUT2D eigenvalue weighted by atomic mass is 10.0. The first-order valence-electron chi connectivity index (χ1n) is 12.2. The first-order valence-corrected chi connectivity index (χ1v) is 12.2. The second kappa shape index (κ2) is 9.35. The Balaban J connectivity index is 1.20. The summed E-state index contributed by atoms with van der Waals surface area (Å²) in [5.74, 6) is 0.984. The summed E-state index contributed by atoms with van der Waals surface area (Å²) in [4.78, 5) is 29.4. The molecule has 0 atom stereocenters. The van der Waals surface area contributed by atoms with Crippen LogP contribution in [0.2, 0.25) is 0 Å². The van der Waals surface area contributed by atoms with Crippen LogP contribution in [0.5, 0.6) is 0 Å². The van der Waals surface area contributed by atoms with Gasteiger partial charge in [0.1, 0.15) is 5.76 Å². The minimum Gasteiger partial charge on any atom is -0.454 e. The molecule has 0 aromatic carbocycles. The van der Waals surface area contributed by atoms with Gasteiger partial charge in [-0.1, -0.05) is 6.92 Å². The summed E-state index contributed by atoms with van der Waals surface area (Å²) in [6, 6.07) is 7.67. The van der Waals surface area contributed by atoms with Crippen LogP contribution in [0, 0.1) is 5.92 Å². The predicted molar refractivity (Wildman–Crippen MR) is 120 cm³/mol. The normalized spacial score (nSPS) is 19.8. The molecule has 1 saturated carbocycles. The molecule has 1 spiro atoms. The van der Waals surface area contributed by atoms with Gasteiger partial charge in [-0.3, -0.25) is 9.59 Å². The maximum atomic E-state index is 12.9. The van der Waals surface area contributed by atoms with Crippen molar-refractivity contribution in [3.8, 4) is 0 Å². The fourth-order valence-electron chi connectivity index (χ4n) is 4.81. The second-order valence-electron chi connectivity index (χ2n) is 9.33. The Morgan fingerprint density at radius 1 is 1.12 bits per heavy atom. The second-order valence-corrected chi connectivity index (χ2v) is 9.33. The molecule has 1 aliphatic carbocycles. The van der Waals surface area contributed by atoms with Crippen LogP contribution in [0.4, 0.5) is 0 Å². The van der Waals surface area contributed by atoms with Gasteiger partial charge in [0.15, 0.2) is 11.5 Å². The molecule has 2 aromatic rings. The van der Waals surface area contributed by atoms with Crippen LogP contribution in [0.15, 0.2) is 34.9 Å². The highest BCUT2D eigenvalue weighted by Crippen LogP contribution is 2.32. The van der Waals surface area contributed by atoms with Crippen LogP contribution in [-0.2, 0) is 27.4 Å². The maximum Gasteiger partial charge on any atom is 0.289 e. The van der Waals surface area contributed by atoms with E-state index in [1.165, 1.54) is 0 Å². The Bertz CT molecular complexity index is 976. The zero-order valence-electron chi connectivity index (χ0n) is 19.3. The fourth-order valence-corrected chi connectivity index (χ4v) is 4.81. The van der Waals surface area contributed by atoms with Crippen molar-refractivity contribution in [1.29, 1.82) is 0 Å². The third kappa shape index (κ3) is 4.87. The molecular weight excluding hydrogens is 422 g/mol. The van der Waals surface area contributed by atoms with Gasteiger partial charge < -0.3 is 28.3 Å². The van der Waals surface area contributed by atoms with Crippen LogP contribution in [0.25, 0.3) is 0 Å². The molecule has 33 heavy (non-hydrogen) atoms. The zero-order chi connectivity index (χ0) is 22.8. The van der Waals surface area contributed by atoms with Crippen molar-refractivity contribution in [3.63, 3.8) is 0 Å². The number of rotatable bonds is 8. The van der Waals surface area contributed by atoms with Crippen molar-refractivity contribution in [2.45, 2.75) is 57.9 Å². The van der Waals surface area contributed by atoms with Crippen molar-refractivity contribution in [2.75, 3.05) is 32.8 Å². The summed E-state index contributed by atoms with van der Waals surface area (Å²) in [7, 11) is 0. The molecule has 2 amide bonds. The van der Waals surface area contributed by atoms with Gasteiger partial charge in [0.25, 0.3) is 5.91 Å². The number of hydrogen-bond acceptors (Lipinski definition) is 5. The molecule has 3 aliphatic rings. The minimum atomic E-state index is -0.498. The number of likely N-dealkylation sites (tertiary alicyclic amines) is 1. The highest BCUT2D eigenvalue weighted by atomic mass is 16.7. The number of amides is 2. The van der Waals surface area contributed by atoms with Gasteiger partial charge in [-0.05, 0) is 43.5 Å². The Labute approximate surface area is 194 Å².